The molecule has 0 saturated carbocycles. The van der Waals surface area contributed by atoms with Crippen molar-refractivity contribution in [3.63, 3.8) is 0 Å². The normalized spacial score (nSPS) is 10.8. The highest BCUT2D eigenvalue weighted by Gasteiger charge is 2.10. The van der Waals surface area contributed by atoms with Gasteiger partial charge >= 0.3 is 0 Å². The van der Waals surface area contributed by atoms with E-state index in [0.717, 1.165) is 17.1 Å². The molecule has 112 valence electrons. The maximum atomic E-state index is 13.9. The molecule has 3 nitrogen and oxygen atoms in total. The molecular formula is C17H15ClFN3. The topological polar surface area (TPSA) is 43.8 Å². The Bertz CT molecular complexity index is 761. The zero-order valence-electron chi connectivity index (χ0n) is 11.8. The Morgan fingerprint density at radius 3 is 2.64 bits per heavy atom. The summed E-state index contributed by atoms with van der Waals surface area (Å²) in [6, 6.07) is 12.3. The molecule has 3 aromatic rings. The Hall–Kier alpha value is -2.33. The number of benzene rings is 2. The minimum absolute atomic E-state index is 0.306. The largest absolute Gasteiger partial charge is 0.399 e. The van der Waals surface area contributed by atoms with Crippen molar-refractivity contribution in [3.8, 4) is 0 Å². The predicted octanol–water partition coefficient (Wildman–Crippen LogP) is 3.90. The molecule has 22 heavy (non-hydrogen) atoms. The van der Waals surface area contributed by atoms with E-state index in [1.54, 1.807) is 18.3 Å². The van der Waals surface area contributed by atoms with E-state index >= 15 is 0 Å². The Kier molecular flexibility index (Phi) is 4.11. The van der Waals surface area contributed by atoms with Crippen molar-refractivity contribution >= 4 is 17.3 Å². The molecule has 0 unspecified atom stereocenters. The Labute approximate surface area is 133 Å². The summed E-state index contributed by atoms with van der Waals surface area (Å²) in [7, 11) is 0. The Balaban J connectivity index is 1.85. The summed E-state index contributed by atoms with van der Waals surface area (Å²) in [6.07, 6.45) is 4.19. The average Bonchev–Trinajstić information content (AvgIpc) is 2.93. The summed E-state index contributed by atoms with van der Waals surface area (Å²) in [4.78, 5) is 4.36. The standard InChI is InChI=1S/C17H15ClFN3/c18-15-2-1-3-16(19)14(15)11-22-9-8-21-17(22)10-12-4-6-13(20)7-5-12/h1-9H,10-11,20H2. The highest BCUT2D eigenvalue weighted by molar-refractivity contribution is 6.31. The number of nitrogens with two attached hydrogens (primary N) is 1. The van der Waals surface area contributed by atoms with Crippen LogP contribution in [-0.2, 0) is 13.0 Å². The van der Waals surface area contributed by atoms with Crippen molar-refractivity contribution in [2.75, 3.05) is 5.73 Å². The minimum Gasteiger partial charge on any atom is -0.399 e. The molecular weight excluding hydrogens is 301 g/mol. The van der Waals surface area contributed by atoms with Gasteiger partial charge in [0.1, 0.15) is 11.6 Å². The molecule has 5 heteroatoms. The fourth-order valence-electron chi connectivity index (χ4n) is 2.32. The van der Waals surface area contributed by atoms with Crippen LogP contribution < -0.4 is 5.73 Å². The van der Waals surface area contributed by atoms with Gasteiger partial charge in [0.2, 0.25) is 0 Å². The van der Waals surface area contributed by atoms with Crippen LogP contribution >= 0.6 is 11.6 Å². The molecule has 1 heterocycles. The zero-order chi connectivity index (χ0) is 15.5. The Morgan fingerprint density at radius 2 is 1.91 bits per heavy atom. The van der Waals surface area contributed by atoms with Crippen LogP contribution in [0.15, 0.2) is 54.9 Å². The van der Waals surface area contributed by atoms with E-state index in [1.807, 2.05) is 35.0 Å². The van der Waals surface area contributed by atoms with E-state index in [1.165, 1.54) is 6.07 Å². The van der Waals surface area contributed by atoms with Gasteiger partial charge in [-0.1, -0.05) is 29.8 Å². The van der Waals surface area contributed by atoms with E-state index < -0.39 is 0 Å². The third-order valence-corrected chi connectivity index (χ3v) is 3.89. The first-order chi connectivity index (χ1) is 10.6. The van der Waals surface area contributed by atoms with E-state index in [0.29, 0.717) is 23.6 Å². The predicted molar refractivity (Wildman–Crippen MR) is 86.4 cm³/mol. The molecule has 0 radical (unpaired) electrons. The summed E-state index contributed by atoms with van der Waals surface area (Å²) >= 11 is 6.09. The van der Waals surface area contributed by atoms with Gasteiger partial charge in [0.05, 0.1) is 6.54 Å². The van der Waals surface area contributed by atoms with Crippen molar-refractivity contribution in [2.24, 2.45) is 0 Å². The lowest BCUT2D eigenvalue weighted by Crippen LogP contribution is -2.07. The maximum Gasteiger partial charge on any atom is 0.129 e. The number of halogens is 2. The maximum absolute atomic E-state index is 13.9. The van der Waals surface area contributed by atoms with Crippen LogP contribution in [-0.4, -0.2) is 9.55 Å². The van der Waals surface area contributed by atoms with Gasteiger partial charge in [-0.15, -0.1) is 0 Å². The lowest BCUT2D eigenvalue weighted by atomic mass is 10.1. The van der Waals surface area contributed by atoms with Crippen molar-refractivity contribution in [1.82, 2.24) is 9.55 Å². The highest BCUT2D eigenvalue weighted by Crippen LogP contribution is 2.21. The van der Waals surface area contributed by atoms with Crippen molar-refractivity contribution in [1.29, 1.82) is 0 Å². The molecule has 2 aromatic carbocycles. The quantitative estimate of drug-likeness (QED) is 0.742. The molecule has 0 aliphatic rings. The fourth-order valence-corrected chi connectivity index (χ4v) is 2.55. The molecule has 0 spiro atoms. The summed E-state index contributed by atoms with van der Waals surface area (Å²) in [5.41, 5.74) is 7.99. The van der Waals surface area contributed by atoms with Crippen molar-refractivity contribution in [2.45, 2.75) is 13.0 Å². The Morgan fingerprint density at radius 1 is 1.14 bits per heavy atom. The molecule has 0 bridgehead atoms. The van der Waals surface area contributed by atoms with Crippen LogP contribution in [0.5, 0.6) is 0 Å². The van der Waals surface area contributed by atoms with Crippen LogP contribution in [0.2, 0.25) is 5.02 Å². The fraction of sp³-hybridized carbons (Fsp3) is 0.118. The molecule has 1 aromatic heterocycles. The monoisotopic (exact) mass is 315 g/mol. The van der Waals surface area contributed by atoms with Gasteiger partial charge in [-0.3, -0.25) is 0 Å². The van der Waals surface area contributed by atoms with Gasteiger partial charge in [0, 0.05) is 35.1 Å². The molecule has 0 aliphatic heterocycles. The van der Waals surface area contributed by atoms with Crippen molar-refractivity contribution in [3.05, 3.63) is 82.6 Å². The molecule has 2 N–H and O–H groups in total. The summed E-state index contributed by atoms with van der Waals surface area (Å²) in [5, 5.41) is 0.423. The number of anilines is 1. The number of nitrogens with zero attached hydrogens (tertiary/aromatic N) is 2. The zero-order valence-corrected chi connectivity index (χ0v) is 12.6. The first kappa shape index (κ1) is 14.6. The van der Waals surface area contributed by atoms with Crippen LogP contribution in [0.25, 0.3) is 0 Å². The molecule has 0 fully saturated rings. The molecule has 0 atom stereocenters. The third-order valence-electron chi connectivity index (χ3n) is 3.53. The van der Waals surface area contributed by atoms with Gasteiger partial charge in [-0.25, -0.2) is 9.37 Å². The second-order valence-corrected chi connectivity index (χ2v) is 5.50. The number of nitrogen functional groups attached to an aromatic ring is 1. The second kappa shape index (κ2) is 6.20. The van der Waals surface area contributed by atoms with Crippen LogP contribution in [0.4, 0.5) is 10.1 Å². The number of aromatic nitrogens is 2. The summed E-state index contributed by atoms with van der Waals surface area (Å²) in [5.74, 6) is 0.545. The molecule has 0 saturated heterocycles. The van der Waals surface area contributed by atoms with Crippen LogP contribution in [0, 0.1) is 5.82 Å². The molecule has 3 rings (SSSR count). The smallest absolute Gasteiger partial charge is 0.129 e. The third kappa shape index (κ3) is 3.12. The highest BCUT2D eigenvalue weighted by atomic mass is 35.5. The van der Waals surface area contributed by atoms with Gasteiger partial charge in [0.25, 0.3) is 0 Å². The first-order valence-corrected chi connectivity index (χ1v) is 7.28. The van der Waals surface area contributed by atoms with Gasteiger partial charge < -0.3 is 10.3 Å². The van der Waals surface area contributed by atoms with E-state index in [2.05, 4.69) is 4.98 Å². The van der Waals surface area contributed by atoms with Gasteiger partial charge in [-0.2, -0.15) is 0 Å². The number of hydrogen-bond acceptors (Lipinski definition) is 2. The number of hydrogen-bond donors (Lipinski definition) is 1. The number of rotatable bonds is 4. The number of imidazole rings is 1. The van der Waals surface area contributed by atoms with Crippen LogP contribution in [0.1, 0.15) is 17.0 Å². The van der Waals surface area contributed by atoms with Crippen molar-refractivity contribution < 1.29 is 4.39 Å². The summed E-state index contributed by atoms with van der Waals surface area (Å²) < 4.78 is 15.8. The lowest BCUT2D eigenvalue weighted by molar-refractivity contribution is 0.595. The van der Waals surface area contributed by atoms with E-state index in [9.17, 15) is 4.39 Å². The second-order valence-electron chi connectivity index (χ2n) is 5.09. The van der Waals surface area contributed by atoms with Crippen LogP contribution in [0.3, 0.4) is 0 Å². The van der Waals surface area contributed by atoms with Gasteiger partial charge in [0.15, 0.2) is 0 Å². The average molecular weight is 316 g/mol. The summed E-state index contributed by atoms with van der Waals surface area (Å²) in [6.45, 7) is 0.357. The van der Waals surface area contributed by atoms with E-state index in [-0.39, 0.29) is 5.82 Å². The lowest BCUT2D eigenvalue weighted by Gasteiger charge is -2.10. The van der Waals surface area contributed by atoms with Gasteiger partial charge in [-0.05, 0) is 29.8 Å². The molecule has 0 aliphatic carbocycles. The SMILES string of the molecule is Nc1ccc(Cc2nccn2Cc2c(F)cccc2Cl)cc1. The first-order valence-electron chi connectivity index (χ1n) is 6.91. The minimum atomic E-state index is -0.306. The van der Waals surface area contributed by atoms with E-state index in [4.69, 9.17) is 17.3 Å². The molecule has 0 amide bonds.